The highest BCUT2D eigenvalue weighted by Gasteiger charge is 2.17. The second kappa shape index (κ2) is 6.35. The van der Waals surface area contributed by atoms with E-state index in [1.54, 1.807) is 24.3 Å². The summed E-state index contributed by atoms with van der Waals surface area (Å²) in [5, 5.41) is 0.555. The molecule has 0 amide bonds. The highest BCUT2D eigenvalue weighted by molar-refractivity contribution is 9.10. The van der Waals surface area contributed by atoms with E-state index in [9.17, 15) is 8.42 Å². The van der Waals surface area contributed by atoms with Crippen molar-refractivity contribution in [3.63, 3.8) is 0 Å². The lowest BCUT2D eigenvalue weighted by Gasteiger charge is -2.11. The molecule has 20 heavy (non-hydrogen) atoms. The molecule has 0 saturated heterocycles. The lowest BCUT2D eigenvalue weighted by Crippen LogP contribution is -2.01. The van der Waals surface area contributed by atoms with Gasteiger partial charge in [-0.3, -0.25) is 0 Å². The molecule has 0 aromatic heterocycles. The van der Waals surface area contributed by atoms with Crippen molar-refractivity contribution in [2.75, 3.05) is 0 Å². The molecule has 0 radical (unpaired) electrons. The van der Waals surface area contributed by atoms with E-state index in [-0.39, 0.29) is 17.3 Å². The third-order valence-corrected chi connectivity index (χ3v) is 4.71. The minimum absolute atomic E-state index is 0.0828. The van der Waals surface area contributed by atoms with Gasteiger partial charge in [0.25, 0.3) is 9.05 Å². The Balaban J connectivity index is 2.29. The second-order valence-electron chi connectivity index (χ2n) is 3.91. The first-order valence-electron chi connectivity index (χ1n) is 5.48. The molecule has 0 heterocycles. The zero-order valence-corrected chi connectivity index (χ0v) is 13.9. The van der Waals surface area contributed by atoms with Gasteiger partial charge in [-0.25, -0.2) is 8.42 Å². The van der Waals surface area contributed by atoms with Crippen LogP contribution in [0.5, 0.6) is 5.75 Å². The summed E-state index contributed by atoms with van der Waals surface area (Å²) in [7, 11) is 1.51. The van der Waals surface area contributed by atoms with Crippen molar-refractivity contribution in [1.29, 1.82) is 0 Å². The lowest BCUT2D eigenvalue weighted by molar-refractivity contribution is 0.298. The number of benzene rings is 2. The van der Waals surface area contributed by atoms with Crippen molar-refractivity contribution in [1.82, 2.24) is 0 Å². The number of hydrogen-bond donors (Lipinski definition) is 0. The average Bonchev–Trinajstić information content (AvgIpc) is 2.38. The molecule has 2 aromatic rings. The average molecular weight is 396 g/mol. The third-order valence-electron chi connectivity index (χ3n) is 2.51. The molecular formula is C13H9BrCl2O3S. The smallest absolute Gasteiger partial charge is 0.265 e. The highest BCUT2D eigenvalue weighted by atomic mass is 79.9. The summed E-state index contributed by atoms with van der Waals surface area (Å²) in [4.78, 5) is -0.0828. The van der Waals surface area contributed by atoms with Crippen molar-refractivity contribution in [2.45, 2.75) is 11.5 Å². The van der Waals surface area contributed by atoms with Crippen LogP contribution in [-0.4, -0.2) is 8.42 Å². The van der Waals surface area contributed by atoms with Gasteiger partial charge in [-0.2, -0.15) is 0 Å². The van der Waals surface area contributed by atoms with Crippen LogP contribution in [0.25, 0.3) is 0 Å². The van der Waals surface area contributed by atoms with Crippen LogP contribution in [-0.2, 0) is 15.7 Å². The van der Waals surface area contributed by atoms with Gasteiger partial charge in [0.15, 0.2) is 0 Å². The molecular weight excluding hydrogens is 387 g/mol. The van der Waals surface area contributed by atoms with Gasteiger partial charge >= 0.3 is 0 Å². The maximum atomic E-state index is 11.5. The minimum atomic E-state index is -3.89. The number of ether oxygens (including phenoxy) is 1. The largest absolute Gasteiger partial charge is 0.487 e. The van der Waals surface area contributed by atoms with Crippen LogP contribution >= 0.6 is 38.2 Å². The number of halogens is 3. The van der Waals surface area contributed by atoms with Crippen molar-refractivity contribution in [3.8, 4) is 5.75 Å². The van der Waals surface area contributed by atoms with E-state index in [1.165, 1.54) is 12.1 Å². The van der Waals surface area contributed by atoms with E-state index in [0.717, 1.165) is 5.56 Å². The molecule has 3 nitrogen and oxygen atoms in total. The van der Waals surface area contributed by atoms with Gasteiger partial charge in [-0.05, 0) is 24.3 Å². The molecule has 2 aromatic carbocycles. The normalized spacial score (nSPS) is 11.3. The van der Waals surface area contributed by atoms with E-state index in [2.05, 4.69) is 15.9 Å². The summed E-state index contributed by atoms with van der Waals surface area (Å²) >= 11 is 9.21. The van der Waals surface area contributed by atoms with Crippen molar-refractivity contribution < 1.29 is 13.2 Å². The molecule has 7 heteroatoms. The summed E-state index contributed by atoms with van der Waals surface area (Å²) in [5.41, 5.74) is 0.759. The first kappa shape index (κ1) is 15.6. The summed E-state index contributed by atoms with van der Waals surface area (Å²) in [6.45, 7) is 0.153. The van der Waals surface area contributed by atoms with Crippen LogP contribution in [0.3, 0.4) is 0 Å². The predicted molar refractivity (Wildman–Crippen MR) is 83.0 cm³/mol. The first-order valence-corrected chi connectivity index (χ1v) is 8.96. The van der Waals surface area contributed by atoms with E-state index < -0.39 is 9.05 Å². The Bertz CT molecular complexity index is 732. The Labute approximate surface area is 135 Å². The van der Waals surface area contributed by atoms with Gasteiger partial charge in [-0.1, -0.05) is 45.7 Å². The molecule has 0 unspecified atom stereocenters. The molecule has 0 N–H and O–H groups in total. The van der Waals surface area contributed by atoms with Crippen LogP contribution in [0.1, 0.15) is 5.56 Å². The van der Waals surface area contributed by atoms with E-state index in [0.29, 0.717) is 9.50 Å². The third kappa shape index (κ3) is 3.88. The second-order valence-corrected chi connectivity index (χ2v) is 7.77. The van der Waals surface area contributed by atoms with Crippen LogP contribution in [0.2, 0.25) is 5.02 Å². The zero-order valence-electron chi connectivity index (χ0n) is 10.0. The van der Waals surface area contributed by atoms with Gasteiger partial charge in [-0.15, -0.1) is 0 Å². The highest BCUT2D eigenvalue weighted by Crippen LogP contribution is 2.31. The molecule has 0 fully saturated rings. The van der Waals surface area contributed by atoms with Crippen LogP contribution in [0, 0.1) is 0 Å². The summed E-state index contributed by atoms with van der Waals surface area (Å²) in [5.74, 6) is 0.183. The fourth-order valence-electron chi connectivity index (χ4n) is 1.56. The van der Waals surface area contributed by atoms with Crippen LogP contribution in [0.4, 0.5) is 0 Å². The minimum Gasteiger partial charge on any atom is -0.487 e. The van der Waals surface area contributed by atoms with Crippen LogP contribution < -0.4 is 4.74 Å². The summed E-state index contributed by atoms with van der Waals surface area (Å²) in [6.07, 6.45) is 0. The molecule has 0 spiro atoms. The van der Waals surface area contributed by atoms with Crippen molar-refractivity contribution in [3.05, 3.63) is 57.5 Å². The molecule has 0 aliphatic carbocycles. The van der Waals surface area contributed by atoms with Gasteiger partial charge in [0.05, 0.1) is 0 Å². The Morgan fingerprint density at radius 2 is 1.85 bits per heavy atom. The fourth-order valence-corrected chi connectivity index (χ4v) is 3.26. The fraction of sp³-hybridized carbons (Fsp3) is 0.0769. The van der Waals surface area contributed by atoms with Crippen molar-refractivity contribution >= 4 is 47.3 Å². The standard InChI is InChI=1S/C13H9BrCl2O3S/c14-10-5-6-12(13(7-10)20(16,17)18)19-8-9-3-1-2-4-11(9)15/h1-7H,8H2. The molecule has 0 bridgehead atoms. The quantitative estimate of drug-likeness (QED) is 0.710. The first-order chi connectivity index (χ1) is 9.38. The van der Waals surface area contributed by atoms with E-state index >= 15 is 0 Å². The Hall–Kier alpha value is -0.750. The molecule has 0 aliphatic rings. The molecule has 2 rings (SSSR count). The molecule has 106 valence electrons. The van der Waals surface area contributed by atoms with Gasteiger partial charge < -0.3 is 4.74 Å². The molecule has 0 saturated carbocycles. The van der Waals surface area contributed by atoms with E-state index in [1.807, 2.05) is 6.07 Å². The summed E-state index contributed by atoms with van der Waals surface area (Å²) in [6, 6.07) is 11.8. The number of hydrogen-bond acceptors (Lipinski definition) is 3. The Morgan fingerprint density at radius 1 is 1.15 bits per heavy atom. The van der Waals surface area contributed by atoms with E-state index in [4.69, 9.17) is 27.0 Å². The monoisotopic (exact) mass is 394 g/mol. The maximum Gasteiger partial charge on any atom is 0.265 e. The zero-order chi connectivity index (χ0) is 14.8. The SMILES string of the molecule is O=S(=O)(Cl)c1cc(Br)ccc1OCc1ccccc1Cl. The van der Waals surface area contributed by atoms with Gasteiger partial charge in [0.1, 0.15) is 17.3 Å². The molecule has 0 atom stereocenters. The van der Waals surface area contributed by atoms with Crippen LogP contribution in [0.15, 0.2) is 51.8 Å². The lowest BCUT2D eigenvalue weighted by atomic mass is 10.2. The molecule has 0 aliphatic heterocycles. The maximum absolute atomic E-state index is 11.5. The summed E-state index contributed by atoms with van der Waals surface area (Å²) < 4.78 is 29.2. The Kier molecular flexibility index (Phi) is 4.96. The van der Waals surface area contributed by atoms with Crippen molar-refractivity contribution in [2.24, 2.45) is 0 Å². The predicted octanol–water partition coefficient (Wildman–Crippen LogP) is 4.61. The topological polar surface area (TPSA) is 43.4 Å². The number of rotatable bonds is 4. The van der Waals surface area contributed by atoms with Gasteiger partial charge in [0.2, 0.25) is 0 Å². The van der Waals surface area contributed by atoms with Gasteiger partial charge in [0, 0.05) is 25.7 Å². The Morgan fingerprint density at radius 3 is 2.50 bits per heavy atom.